The van der Waals surface area contributed by atoms with Crippen LogP contribution in [0.1, 0.15) is 6.23 Å². The number of aliphatic hydroxyl groups is 2. The second-order valence-corrected chi connectivity index (χ2v) is 3.95. The molecule has 1 aliphatic heterocycles. The maximum absolute atomic E-state index is 14.5. The Hall–Kier alpha value is -2.02. The molecule has 1 fully saturated rings. The van der Waals surface area contributed by atoms with Gasteiger partial charge in [0.25, 0.3) is 5.56 Å². The number of alkyl halides is 1. The summed E-state index contributed by atoms with van der Waals surface area (Å²) in [5, 5.41) is 22.0. The Bertz CT molecular complexity index is 635. The van der Waals surface area contributed by atoms with Crippen molar-refractivity contribution in [1.29, 1.82) is 0 Å². The van der Waals surface area contributed by atoms with Gasteiger partial charge in [-0.05, 0) is 0 Å². The smallest absolute Gasteiger partial charge is 0.347 e. The highest BCUT2D eigenvalue weighted by atomic mass is 19.1. The van der Waals surface area contributed by atoms with Crippen LogP contribution >= 0.6 is 0 Å². The Morgan fingerprint density at radius 2 is 2.37 bits per heavy atom. The predicted molar refractivity (Wildman–Crippen MR) is 58.8 cm³/mol. The third-order valence-electron chi connectivity index (χ3n) is 2.81. The standard InChI is InChI=1S/C10H10FN3O5/c1-2-10(11)7(17)5(4-15)19-8(10)14-9(18)13-6(16)3-12-14/h1,3,5,7-8,15,17H,4H2,(H,13,16,18)/t5-,7?,8-,10-/m1/s1. The van der Waals surface area contributed by atoms with E-state index in [-0.39, 0.29) is 0 Å². The molecule has 1 unspecified atom stereocenters. The van der Waals surface area contributed by atoms with Gasteiger partial charge < -0.3 is 14.9 Å². The SMILES string of the molecule is C#C[C@@]1(F)C(O)[C@@H](CO)O[C@H]1n1ncc(=O)[nH]c1=O. The summed E-state index contributed by atoms with van der Waals surface area (Å²) >= 11 is 0. The molecule has 2 heterocycles. The van der Waals surface area contributed by atoms with E-state index in [1.54, 1.807) is 5.92 Å². The van der Waals surface area contributed by atoms with Crippen LogP contribution in [0.2, 0.25) is 0 Å². The summed E-state index contributed by atoms with van der Waals surface area (Å²) in [4.78, 5) is 24.3. The molecule has 3 N–H and O–H groups in total. The number of nitrogens with zero attached hydrogens (tertiary/aromatic N) is 2. The van der Waals surface area contributed by atoms with Crippen LogP contribution < -0.4 is 11.2 Å². The minimum Gasteiger partial charge on any atom is -0.394 e. The zero-order valence-corrected chi connectivity index (χ0v) is 9.49. The van der Waals surface area contributed by atoms with E-state index in [4.69, 9.17) is 16.3 Å². The molecule has 0 radical (unpaired) electrons. The highest BCUT2D eigenvalue weighted by molar-refractivity contribution is 5.19. The maximum atomic E-state index is 14.5. The number of rotatable bonds is 2. The van der Waals surface area contributed by atoms with E-state index in [2.05, 4.69) is 5.10 Å². The molecule has 1 aromatic heterocycles. The summed E-state index contributed by atoms with van der Waals surface area (Å²) in [5.41, 5.74) is -4.56. The number of nitrogens with one attached hydrogen (secondary N) is 1. The first-order valence-corrected chi connectivity index (χ1v) is 5.23. The van der Waals surface area contributed by atoms with Gasteiger partial charge in [0.2, 0.25) is 11.9 Å². The minimum absolute atomic E-state index is 0.472. The molecule has 0 spiro atoms. The van der Waals surface area contributed by atoms with E-state index in [1.807, 2.05) is 4.98 Å². The Morgan fingerprint density at radius 1 is 1.68 bits per heavy atom. The van der Waals surface area contributed by atoms with Crippen LogP contribution in [-0.2, 0) is 4.74 Å². The van der Waals surface area contributed by atoms with E-state index >= 15 is 0 Å². The van der Waals surface area contributed by atoms with Gasteiger partial charge in [-0.3, -0.25) is 9.78 Å². The van der Waals surface area contributed by atoms with Crippen molar-refractivity contribution < 1.29 is 19.3 Å². The van der Waals surface area contributed by atoms with Crippen LogP contribution in [0.15, 0.2) is 15.8 Å². The lowest BCUT2D eigenvalue weighted by atomic mass is 9.97. The number of terminal acetylenes is 1. The molecule has 1 saturated heterocycles. The first-order chi connectivity index (χ1) is 8.93. The molecule has 0 saturated carbocycles. The molecule has 102 valence electrons. The largest absolute Gasteiger partial charge is 0.394 e. The number of aromatic amines is 1. The average molecular weight is 271 g/mol. The van der Waals surface area contributed by atoms with Crippen molar-refractivity contribution in [3.05, 3.63) is 27.0 Å². The monoisotopic (exact) mass is 271 g/mol. The summed E-state index contributed by atoms with van der Waals surface area (Å²) in [5.74, 6) is 1.70. The van der Waals surface area contributed by atoms with Crippen LogP contribution in [0.5, 0.6) is 0 Å². The van der Waals surface area contributed by atoms with Crippen molar-refractivity contribution in [3.8, 4) is 12.3 Å². The van der Waals surface area contributed by atoms with Gasteiger partial charge in [0.05, 0.1) is 6.61 Å². The van der Waals surface area contributed by atoms with Gasteiger partial charge in [-0.25, -0.2) is 9.18 Å². The van der Waals surface area contributed by atoms with Crippen LogP contribution in [0.25, 0.3) is 0 Å². The summed E-state index contributed by atoms with van der Waals surface area (Å²) in [6.07, 6.45) is 0.891. The molecule has 1 aromatic rings. The Labute approximate surface area is 105 Å². The van der Waals surface area contributed by atoms with Gasteiger partial charge in [0, 0.05) is 0 Å². The Balaban J connectivity index is 2.52. The van der Waals surface area contributed by atoms with Gasteiger partial charge in [-0.1, -0.05) is 5.92 Å². The molecule has 8 nitrogen and oxygen atoms in total. The normalized spacial score (nSPS) is 34.1. The fourth-order valence-corrected chi connectivity index (χ4v) is 1.82. The molecule has 9 heteroatoms. The summed E-state index contributed by atoms with van der Waals surface area (Å²) in [6, 6.07) is 0. The number of hydrogen-bond acceptors (Lipinski definition) is 6. The molecule has 0 amide bonds. The fraction of sp³-hybridized carbons (Fsp3) is 0.500. The second-order valence-electron chi connectivity index (χ2n) is 3.95. The molecule has 2 rings (SSSR count). The van der Waals surface area contributed by atoms with E-state index in [0.29, 0.717) is 4.68 Å². The number of ether oxygens (including phenoxy) is 1. The first kappa shape index (κ1) is 13.4. The molecule has 4 atom stereocenters. The van der Waals surface area contributed by atoms with Crippen molar-refractivity contribution >= 4 is 0 Å². The number of aromatic nitrogens is 3. The summed E-state index contributed by atoms with van der Waals surface area (Å²) in [7, 11) is 0. The molecular formula is C10H10FN3O5. The zero-order chi connectivity index (χ0) is 14.2. The van der Waals surface area contributed by atoms with E-state index in [9.17, 15) is 19.1 Å². The van der Waals surface area contributed by atoms with Gasteiger partial charge in [0.1, 0.15) is 18.4 Å². The van der Waals surface area contributed by atoms with Crippen molar-refractivity contribution in [1.82, 2.24) is 14.8 Å². The van der Waals surface area contributed by atoms with E-state index < -0.39 is 42.0 Å². The number of hydrogen-bond donors (Lipinski definition) is 3. The Morgan fingerprint density at radius 3 is 2.89 bits per heavy atom. The van der Waals surface area contributed by atoms with Gasteiger partial charge >= 0.3 is 5.69 Å². The van der Waals surface area contributed by atoms with Crippen molar-refractivity contribution in [2.24, 2.45) is 0 Å². The molecule has 0 bridgehead atoms. The lowest BCUT2D eigenvalue weighted by Crippen LogP contribution is -2.45. The third kappa shape index (κ3) is 1.95. The Kier molecular flexibility index (Phi) is 3.23. The van der Waals surface area contributed by atoms with Crippen LogP contribution in [0.3, 0.4) is 0 Å². The van der Waals surface area contributed by atoms with Crippen molar-refractivity contribution in [2.45, 2.75) is 24.1 Å². The zero-order valence-electron chi connectivity index (χ0n) is 9.49. The lowest BCUT2D eigenvalue weighted by molar-refractivity contribution is -0.0611. The predicted octanol–water partition coefficient (Wildman–Crippen LogP) is -2.48. The molecule has 19 heavy (non-hydrogen) atoms. The van der Waals surface area contributed by atoms with Crippen LogP contribution in [0, 0.1) is 12.3 Å². The average Bonchev–Trinajstić information content (AvgIpc) is 2.63. The highest BCUT2D eigenvalue weighted by Crippen LogP contribution is 2.39. The highest BCUT2D eigenvalue weighted by Gasteiger charge is 2.58. The molecule has 0 aliphatic carbocycles. The first-order valence-electron chi connectivity index (χ1n) is 5.23. The van der Waals surface area contributed by atoms with Crippen molar-refractivity contribution in [3.63, 3.8) is 0 Å². The number of H-pyrrole nitrogens is 1. The summed E-state index contributed by atoms with van der Waals surface area (Å²) in [6.45, 7) is -0.691. The topological polar surface area (TPSA) is 117 Å². The third-order valence-corrected chi connectivity index (χ3v) is 2.81. The van der Waals surface area contributed by atoms with Gasteiger partial charge in [-0.15, -0.1) is 6.42 Å². The fourth-order valence-electron chi connectivity index (χ4n) is 1.82. The van der Waals surface area contributed by atoms with E-state index in [1.165, 1.54) is 0 Å². The van der Waals surface area contributed by atoms with Crippen LogP contribution in [-0.4, -0.2) is 49.5 Å². The van der Waals surface area contributed by atoms with E-state index in [0.717, 1.165) is 6.20 Å². The van der Waals surface area contributed by atoms with Gasteiger partial charge in [0.15, 0.2) is 0 Å². The molecule has 0 aromatic carbocycles. The second kappa shape index (κ2) is 4.58. The van der Waals surface area contributed by atoms with Crippen molar-refractivity contribution in [2.75, 3.05) is 6.61 Å². The van der Waals surface area contributed by atoms with Crippen LogP contribution in [0.4, 0.5) is 4.39 Å². The summed E-state index contributed by atoms with van der Waals surface area (Å²) < 4.78 is 20.0. The number of aliphatic hydroxyl groups excluding tert-OH is 2. The molecular weight excluding hydrogens is 261 g/mol. The minimum atomic E-state index is -2.75. The molecule has 1 aliphatic rings. The quantitative estimate of drug-likeness (QED) is 0.513. The number of halogens is 1. The van der Waals surface area contributed by atoms with Gasteiger partial charge in [-0.2, -0.15) is 9.78 Å². The lowest BCUT2D eigenvalue weighted by Gasteiger charge is -2.22. The maximum Gasteiger partial charge on any atom is 0.347 e.